The molecule has 9 heteroatoms. The molecule has 4 aromatic rings. The molecule has 0 bridgehead atoms. The van der Waals surface area contributed by atoms with Gasteiger partial charge in [-0.2, -0.15) is 0 Å². The summed E-state index contributed by atoms with van der Waals surface area (Å²) >= 11 is 6.66. The van der Waals surface area contributed by atoms with Gasteiger partial charge in [-0.3, -0.25) is 14.8 Å². The van der Waals surface area contributed by atoms with Crippen LogP contribution in [0, 0.1) is 6.92 Å². The number of nitrogens with one attached hydrogen (secondary N) is 1. The topological polar surface area (TPSA) is 93.1 Å². The van der Waals surface area contributed by atoms with E-state index in [0.29, 0.717) is 27.8 Å². The zero-order valence-electron chi connectivity index (χ0n) is 19.6. The van der Waals surface area contributed by atoms with E-state index in [0.717, 1.165) is 27.8 Å². The number of rotatable bonds is 6. The van der Waals surface area contributed by atoms with Gasteiger partial charge in [0.05, 0.1) is 18.7 Å². The van der Waals surface area contributed by atoms with Gasteiger partial charge < -0.3 is 15.0 Å². The Balaban J connectivity index is 1.77. The van der Waals surface area contributed by atoms with Gasteiger partial charge in [0.25, 0.3) is 5.91 Å². The fraction of sp³-hybridized carbons (Fsp3) is 0.240. The third-order valence-corrected chi connectivity index (χ3v) is 5.99. The molecule has 0 fully saturated rings. The van der Waals surface area contributed by atoms with Gasteiger partial charge >= 0.3 is 0 Å². The summed E-state index contributed by atoms with van der Waals surface area (Å²) in [5.74, 6) is 1.12. The number of anilines is 1. The number of hydrogen-bond acceptors (Lipinski definition) is 7. The quantitative estimate of drug-likeness (QED) is 0.421. The molecule has 174 valence electrons. The van der Waals surface area contributed by atoms with Crippen LogP contribution < -0.4 is 10.1 Å². The number of aromatic nitrogens is 4. The van der Waals surface area contributed by atoms with Crippen molar-refractivity contribution in [3.8, 4) is 16.9 Å². The standard InChI is InChI=1S/C25H25ClN6O2/c1-14-18(26)11-17(15(2)31-24-22-19(29-13-30-24)7-6-10-27-22)23(34-5)21(14)16-8-9-20(28-12-16)25(33)32(3)4/h6-13,15H,1-5H3,(H,29,30,31)/t15-/m0/s1. The second-order valence-electron chi connectivity index (χ2n) is 8.07. The molecule has 34 heavy (non-hydrogen) atoms. The highest BCUT2D eigenvalue weighted by molar-refractivity contribution is 6.32. The molecule has 1 N–H and O–H groups in total. The average Bonchev–Trinajstić information content (AvgIpc) is 2.85. The molecule has 8 nitrogen and oxygen atoms in total. The summed E-state index contributed by atoms with van der Waals surface area (Å²) in [7, 11) is 5.01. The Morgan fingerprint density at radius 3 is 2.62 bits per heavy atom. The van der Waals surface area contributed by atoms with Crippen LogP contribution in [0.2, 0.25) is 5.02 Å². The molecule has 0 saturated heterocycles. The largest absolute Gasteiger partial charge is 0.496 e. The molecular weight excluding hydrogens is 452 g/mol. The Hall–Kier alpha value is -3.78. The molecule has 1 amide bonds. The first-order valence-electron chi connectivity index (χ1n) is 10.7. The minimum atomic E-state index is -0.213. The van der Waals surface area contributed by atoms with Crippen LogP contribution >= 0.6 is 11.6 Å². The fourth-order valence-corrected chi connectivity index (χ4v) is 4.02. The Bertz CT molecular complexity index is 1350. The van der Waals surface area contributed by atoms with Crippen LogP contribution in [0.15, 0.2) is 49.1 Å². The van der Waals surface area contributed by atoms with E-state index < -0.39 is 0 Å². The van der Waals surface area contributed by atoms with Crippen molar-refractivity contribution < 1.29 is 9.53 Å². The van der Waals surface area contributed by atoms with Gasteiger partial charge in [-0.05, 0) is 43.7 Å². The van der Waals surface area contributed by atoms with Crippen molar-refractivity contribution in [2.75, 3.05) is 26.5 Å². The Kier molecular flexibility index (Phi) is 6.61. The van der Waals surface area contributed by atoms with Crippen molar-refractivity contribution in [1.29, 1.82) is 0 Å². The maximum absolute atomic E-state index is 12.2. The average molecular weight is 477 g/mol. The zero-order valence-corrected chi connectivity index (χ0v) is 20.4. The SMILES string of the molecule is COc1c([C@H](C)Nc2ncnc3cccnc23)cc(Cl)c(C)c1-c1ccc(C(=O)N(C)C)nc1. The van der Waals surface area contributed by atoms with E-state index in [1.807, 2.05) is 38.1 Å². The molecule has 0 radical (unpaired) electrons. The van der Waals surface area contributed by atoms with E-state index in [-0.39, 0.29) is 11.9 Å². The number of hydrogen-bond donors (Lipinski definition) is 1. The summed E-state index contributed by atoms with van der Waals surface area (Å²) in [6.07, 6.45) is 4.88. The van der Waals surface area contributed by atoms with E-state index in [2.05, 4.69) is 25.3 Å². The minimum absolute atomic E-state index is 0.162. The highest BCUT2D eigenvalue weighted by Gasteiger charge is 2.22. The number of methoxy groups -OCH3 is 1. The number of ether oxygens (including phenoxy) is 1. The molecule has 0 aliphatic rings. The normalized spacial score (nSPS) is 11.8. The van der Waals surface area contributed by atoms with Crippen LogP contribution in [0.1, 0.15) is 34.6 Å². The lowest BCUT2D eigenvalue weighted by Crippen LogP contribution is -2.22. The highest BCUT2D eigenvalue weighted by atomic mass is 35.5. The number of amides is 1. The van der Waals surface area contributed by atoms with E-state index in [1.165, 1.54) is 11.2 Å². The van der Waals surface area contributed by atoms with Gasteiger partial charge in [-0.25, -0.2) is 9.97 Å². The summed E-state index contributed by atoms with van der Waals surface area (Å²) in [4.78, 5) is 31.2. The summed E-state index contributed by atoms with van der Waals surface area (Å²) in [6, 6.07) is 8.97. The Morgan fingerprint density at radius 2 is 1.94 bits per heavy atom. The monoisotopic (exact) mass is 476 g/mol. The number of fused-ring (bicyclic) bond motifs is 1. The van der Waals surface area contributed by atoms with Crippen LogP contribution in [0.4, 0.5) is 5.82 Å². The molecule has 0 aliphatic carbocycles. The first-order chi connectivity index (χ1) is 16.3. The van der Waals surface area contributed by atoms with E-state index in [1.54, 1.807) is 39.7 Å². The highest BCUT2D eigenvalue weighted by Crippen LogP contribution is 2.42. The predicted octanol–water partition coefficient (Wildman–Crippen LogP) is 4.93. The second-order valence-corrected chi connectivity index (χ2v) is 8.48. The number of carbonyl (C=O) groups excluding carboxylic acids is 1. The number of pyridine rings is 2. The molecule has 3 heterocycles. The molecular formula is C25H25ClN6O2. The van der Waals surface area contributed by atoms with Crippen molar-refractivity contribution >= 4 is 34.4 Å². The van der Waals surface area contributed by atoms with Gasteiger partial charge in [0, 0.05) is 48.2 Å². The third kappa shape index (κ3) is 4.36. The molecule has 4 rings (SSSR count). The van der Waals surface area contributed by atoms with Gasteiger partial charge in [0.15, 0.2) is 5.82 Å². The maximum Gasteiger partial charge on any atom is 0.271 e. The summed E-state index contributed by atoms with van der Waals surface area (Å²) < 4.78 is 5.88. The second kappa shape index (κ2) is 9.61. The van der Waals surface area contributed by atoms with Crippen LogP contribution in [0.3, 0.4) is 0 Å². The van der Waals surface area contributed by atoms with Crippen LogP contribution in [-0.4, -0.2) is 51.9 Å². The predicted molar refractivity (Wildman–Crippen MR) is 133 cm³/mol. The summed E-state index contributed by atoms with van der Waals surface area (Å²) in [5, 5.41) is 4.02. The van der Waals surface area contributed by atoms with Gasteiger partial charge in [0.1, 0.15) is 23.3 Å². The van der Waals surface area contributed by atoms with Gasteiger partial charge in [-0.1, -0.05) is 17.7 Å². The summed E-state index contributed by atoms with van der Waals surface area (Å²) in [6.45, 7) is 3.93. The van der Waals surface area contributed by atoms with Crippen LogP contribution in [0.25, 0.3) is 22.2 Å². The molecule has 1 atom stereocenters. The Morgan fingerprint density at radius 1 is 1.15 bits per heavy atom. The molecule has 1 aromatic carbocycles. The molecule has 0 saturated carbocycles. The smallest absolute Gasteiger partial charge is 0.271 e. The third-order valence-electron chi connectivity index (χ3n) is 5.60. The molecule has 0 spiro atoms. The first-order valence-corrected chi connectivity index (χ1v) is 11.1. The van der Waals surface area contributed by atoms with Crippen LogP contribution in [-0.2, 0) is 0 Å². The molecule has 3 aromatic heterocycles. The Labute approximate surface area is 203 Å². The lowest BCUT2D eigenvalue weighted by Gasteiger charge is -2.23. The van der Waals surface area contributed by atoms with Crippen molar-refractivity contribution in [2.24, 2.45) is 0 Å². The van der Waals surface area contributed by atoms with Crippen molar-refractivity contribution in [1.82, 2.24) is 24.8 Å². The zero-order chi connectivity index (χ0) is 24.4. The van der Waals surface area contributed by atoms with Gasteiger partial charge in [-0.15, -0.1) is 0 Å². The van der Waals surface area contributed by atoms with Gasteiger partial charge in [0.2, 0.25) is 0 Å². The van der Waals surface area contributed by atoms with Crippen molar-refractivity contribution in [3.05, 3.63) is 70.9 Å². The molecule has 0 unspecified atom stereocenters. The van der Waals surface area contributed by atoms with E-state index in [9.17, 15) is 4.79 Å². The van der Waals surface area contributed by atoms with Crippen LogP contribution in [0.5, 0.6) is 5.75 Å². The number of nitrogens with zero attached hydrogens (tertiary/aromatic N) is 5. The number of benzene rings is 1. The number of carbonyl (C=O) groups is 1. The lowest BCUT2D eigenvalue weighted by molar-refractivity contribution is 0.0822. The van der Waals surface area contributed by atoms with E-state index >= 15 is 0 Å². The van der Waals surface area contributed by atoms with E-state index in [4.69, 9.17) is 16.3 Å². The lowest BCUT2D eigenvalue weighted by atomic mass is 9.94. The van der Waals surface area contributed by atoms with Crippen molar-refractivity contribution in [2.45, 2.75) is 19.9 Å². The summed E-state index contributed by atoms with van der Waals surface area (Å²) in [5.41, 5.74) is 5.13. The fourth-order valence-electron chi connectivity index (χ4n) is 3.81. The minimum Gasteiger partial charge on any atom is -0.496 e. The number of halogens is 1. The molecule has 0 aliphatic heterocycles. The maximum atomic E-state index is 12.2. The van der Waals surface area contributed by atoms with Crippen molar-refractivity contribution in [3.63, 3.8) is 0 Å². The first kappa shape index (κ1) is 23.4.